The van der Waals surface area contributed by atoms with E-state index in [0.717, 1.165) is 24.1 Å². The Kier molecular flexibility index (Phi) is 6.33. The smallest absolute Gasteiger partial charge is 0.251 e. The molecule has 2 saturated heterocycles. The van der Waals surface area contributed by atoms with E-state index in [1.54, 1.807) is 58.4 Å². The van der Waals surface area contributed by atoms with E-state index in [-0.39, 0.29) is 36.6 Å². The van der Waals surface area contributed by atoms with Gasteiger partial charge in [-0.05, 0) is 60.9 Å². The highest BCUT2D eigenvalue weighted by molar-refractivity contribution is 5.99. The monoisotopic (exact) mass is 474 g/mol. The molecular formula is C26H26N4O5. The summed E-state index contributed by atoms with van der Waals surface area (Å²) in [6.07, 6.45) is 4.87. The zero-order valence-corrected chi connectivity index (χ0v) is 19.0. The molecule has 180 valence electrons. The van der Waals surface area contributed by atoms with Gasteiger partial charge in [0.25, 0.3) is 5.91 Å². The number of hydrogen-bond acceptors (Lipinski definition) is 6. The molecule has 2 aliphatic heterocycles. The van der Waals surface area contributed by atoms with Crippen molar-refractivity contribution >= 4 is 17.6 Å². The van der Waals surface area contributed by atoms with Gasteiger partial charge in [-0.25, -0.2) is 4.68 Å². The molecule has 5 rings (SSSR count). The Bertz CT molecular complexity index is 1210. The topological polar surface area (TPSA) is 114 Å². The average Bonchev–Trinajstić information content (AvgIpc) is 3.55. The van der Waals surface area contributed by atoms with Crippen LogP contribution in [0.25, 0.3) is 5.69 Å². The first-order valence-electron chi connectivity index (χ1n) is 11.6. The first-order valence-corrected chi connectivity index (χ1v) is 11.6. The number of piperidine rings is 1. The Balaban J connectivity index is 1.37. The van der Waals surface area contributed by atoms with Crippen molar-refractivity contribution in [2.24, 2.45) is 0 Å². The van der Waals surface area contributed by atoms with Crippen LogP contribution < -0.4 is 5.32 Å². The molecule has 0 radical (unpaired) electrons. The fourth-order valence-corrected chi connectivity index (χ4v) is 4.73. The van der Waals surface area contributed by atoms with E-state index in [1.807, 2.05) is 6.07 Å². The maximum atomic E-state index is 13.7. The molecule has 0 aliphatic carbocycles. The lowest BCUT2D eigenvalue weighted by Crippen LogP contribution is -2.58. The van der Waals surface area contributed by atoms with Crippen molar-refractivity contribution < 1.29 is 24.2 Å². The van der Waals surface area contributed by atoms with Crippen molar-refractivity contribution in [3.8, 4) is 11.4 Å². The van der Waals surface area contributed by atoms with Crippen LogP contribution in [0.2, 0.25) is 0 Å². The minimum Gasteiger partial charge on any atom is -0.508 e. The lowest BCUT2D eigenvalue weighted by molar-refractivity contribution is -0.142. The molecule has 35 heavy (non-hydrogen) atoms. The van der Waals surface area contributed by atoms with Crippen molar-refractivity contribution in [2.45, 2.75) is 37.5 Å². The molecule has 9 heteroatoms. The summed E-state index contributed by atoms with van der Waals surface area (Å²) >= 11 is 0. The van der Waals surface area contributed by atoms with Crippen molar-refractivity contribution in [2.75, 3.05) is 13.2 Å². The second-order valence-corrected chi connectivity index (χ2v) is 8.83. The van der Waals surface area contributed by atoms with Crippen LogP contribution in [-0.4, -0.2) is 68.7 Å². The van der Waals surface area contributed by atoms with Gasteiger partial charge in [0.15, 0.2) is 5.78 Å². The Labute approximate surface area is 202 Å². The zero-order valence-electron chi connectivity index (χ0n) is 19.0. The summed E-state index contributed by atoms with van der Waals surface area (Å²) in [5.74, 6) is -0.692. The number of benzene rings is 2. The van der Waals surface area contributed by atoms with Crippen LogP contribution in [0.1, 0.15) is 28.8 Å². The van der Waals surface area contributed by atoms with Gasteiger partial charge in [-0.3, -0.25) is 14.4 Å². The number of carbonyl (C=O) groups is 3. The number of hydrogen-bond donors (Lipinski definition) is 2. The number of ketones is 1. The third kappa shape index (κ3) is 4.81. The van der Waals surface area contributed by atoms with E-state index in [1.165, 1.54) is 12.1 Å². The first kappa shape index (κ1) is 22.8. The summed E-state index contributed by atoms with van der Waals surface area (Å²) in [7, 11) is 0. The summed E-state index contributed by atoms with van der Waals surface area (Å²) in [6.45, 7) is 0.451. The van der Waals surface area contributed by atoms with Gasteiger partial charge in [0.2, 0.25) is 5.91 Å². The van der Waals surface area contributed by atoms with Crippen LogP contribution >= 0.6 is 0 Å². The Morgan fingerprint density at radius 2 is 1.91 bits per heavy atom. The van der Waals surface area contributed by atoms with Crippen molar-refractivity contribution in [3.05, 3.63) is 78.1 Å². The first-order chi connectivity index (χ1) is 17.0. The Morgan fingerprint density at radius 3 is 2.63 bits per heavy atom. The maximum Gasteiger partial charge on any atom is 0.251 e. The number of nitrogens with one attached hydrogen (secondary N) is 1. The molecule has 2 aromatic carbocycles. The molecule has 0 saturated carbocycles. The van der Waals surface area contributed by atoms with Gasteiger partial charge in [-0.2, -0.15) is 5.10 Å². The number of likely N-dealkylation sites (tertiary alicyclic amines) is 1. The highest BCUT2D eigenvalue weighted by Gasteiger charge is 2.45. The lowest BCUT2D eigenvalue weighted by Gasteiger charge is -2.37. The predicted octanol–water partition coefficient (Wildman–Crippen LogP) is 1.88. The molecular weight excluding hydrogens is 448 g/mol. The fourth-order valence-electron chi connectivity index (χ4n) is 4.73. The molecule has 1 aromatic heterocycles. The van der Waals surface area contributed by atoms with Gasteiger partial charge in [0.1, 0.15) is 24.4 Å². The fraction of sp³-hybridized carbons (Fsp3) is 0.308. The lowest BCUT2D eigenvalue weighted by atomic mass is 9.95. The average molecular weight is 475 g/mol. The van der Waals surface area contributed by atoms with Gasteiger partial charge in [-0.15, -0.1) is 0 Å². The molecule has 0 bridgehead atoms. The van der Waals surface area contributed by atoms with E-state index in [4.69, 9.17) is 4.74 Å². The van der Waals surface area contributed by atoms with E-state index >= 15 is 0 Å². The van der Waals surface area contributed by atoms with Crippen molar-refractivity contribution in [1.29, 1.82) is 0 Å². The van der Waals surface area contributed by atoms with Crippen LogP contribution in [0.15, 0.2) is 67.0 Å². The predicted molar refractivity (Wildman–Crippen MR) is 126 cm³/mol. The van der Waals surface area contributed by atoms with Crippen molar-refractivity contribution in [1.82, 2.24) is 20.0 Å². The van der Waals surface area contributed by atoms with Crippen LogP contribution in [-0.2, 0) is 20.7 Å². The molecule has 2 aliphatic rings. The molecule has 2 N–H and O–H groups in total. The number of aromatic hydroxyl groups is 1. The Morgan fingerprint density at radius 1 is 1.14 bits per heavy atom. The molecule has 3 atom stereocenters. The number of carbonyl (C=O) groups excluding carboxylic acids is 3. The highest BCUT2D eigenvalue weighted by Crippen LogP contribution is 2.27. The number of phenols is 1. The SMILES string of the molecule is O=C(NC(Cc1ccc(O)cc1)C(=O)N1CCCC2OCC(=O)C21)c1ccc(-n2cccn2)cc1. The normalized spacial score (nSPS) is 20.3. The second kappa shape index (κ2) is 9.71. The number of ether oxygens (including phenoxy) is 1. The summed E-state index contributed by atoms with van der Waals surface area (Å²) in [4.78, 5) is 40.9. The van der Waals surface area contributed by atoms with Gasteiger partial charge < -0.3 is 20.1 Å². The number of phenolic OH excluding ortho intramolecular Hbond substituents is 1. The summed E-state index contributed by atoms with van der Waals surface area (Å²) in [5.41, 5.74) is 1.99. The van der Waals surface area contributed by atoms with E-state index < -0.39 is 18.0 Å². The van der Waals surface area contributed by atoms with E-state index in [2.05, 4.69) is 10.4 Å². The number of aromatic nitrogens is 2. The number of rotatable bonds is 6. The third-order valence-corrected chi connectivity index (χ3v) is 6.51. The van der Waals surface area contributed by atoms with E-state index in [9.17, 15) is 19.5 Å². The standard InChI is InChI=1S/C26H26N4O5/c31-20-10-4-17(5-11-20)15-21(26(34)29-13-1-3-23-24(29)22(32)16-35-23)28-25(33)18-6-8-19(9-7-18)30-14-2-12-27-30/h2,4-12,14,21,23-24,31H,1,3,13,15-16H2,(H,28,33). The number of Topliss-reactive ketones (excluding diaryl/α,β-unsaturated/α-hetero) is 1. The zero-order chi connectivity index (χ0) is 24.4. The molecule has 9 nitrogen and oxygen atoms in total. The second-order valence-electron chi connectivity index (χ2n) is 8.83. The quantitative estimate of drug-likeness (QED) is 0.564. The molecule has 3 aromatic rings. The molecule has 3 heterocycles. The Hall–Kier alpha value is -3.98. The summed E-state index contributed by atoms with van der Waals surface area (Å²) < 4.78 is 7.27. The van der Waals surface area contributed by atoms with Gasteiger partial charge in [0.05, 0.1) is 11.8 Å². The number of nitrogens with zero attached hydrogens (tertiary/aromatic N) is 3. The van der Waals surface area contributed by atoms with Crippen LogP contribution in [0, 0.1) is 0 Å². The molecule has 2 amide bonds. The largest absolute Gasteiger partial charge is 0.508 e. The summed E-state index contributed by atoms with van der Waals surface area (Å²) in [6, 6.07) is 13.7. The minimum absolute atomic E-state index is 0.0106. The van der Waals surface area contributed by atoms with Crippen LogP contribution in [0.5, 0.6) is 5.75 Å². The summed E-state index contributed by atoms with van der Waals surface area (Å²) in [5, 5.41) is 16.7. The van der Waals surface area contributed by atoms with Crippen LogP contribution in [0.4, 0.5) is 0 Å². The molecule has 0 spiro atoms. The number of fused-ring (bicyclic) bond motifs is 1. The maximum absolute atomic E-state index is 13.7. The minimum atomic E-state index is -0.884. The highest BCUT2D eigenvalue weighted by atomic mass is 16.5. The molecule has 2 fully saturated rings. The van der Waals surface area contributed by atoms with Crippen molar-refractivity contribution in [3.63, 3.8) is 0 Å². The van der Waals surface area contributed by atoms with Crippen LogP contribution in [0.3, 0.4) is 0 Å². The number of amides is 2. The third-order valence-electron chi connectivity index (χ3n) is 6.51. The molecule has 3 unspecified atom stereocenters. The van der Waals surface area contributed by atoms with Gasteiger partial charge >= 0.3 is 0 Å². The van der Waals surface area contributed by atoms with Gasteiger partial charge in [-0.1, -0.05) is 12.1 Å². The van der Waals surface area contributed by atoms with Gasteiger partial charge in [0, 0.05) is 30.9 Å². The van der Waals surface area contributed by atoms with E-state index in [0.29, 0.717) is 12.1 Å².